The van der Waals surface area contributed by atoms with E-state index in [2.05, 4.69) is 0 Å². The van der Waals surface area contributed by atoms with Gasteiger partial charge in [-0.05, 0) is 31.9 Å². The third-order valence-electron chi connectivity index (χ3n) is 4.60. The number of nitrogens with zero attached hydrogens (tertiary/aromatic N) is 2. The molecule has 1 amide bonds. The quantitative estimate of drug-likeness (QED) is 0.715. The minimum Gasteiger partial charge on any atom is -0.493 e. The fourth-order valence-corrected chi connectivity index (χ4v) is 4.78. The van der Waals surface area contributed by atoms with Crippen LogP contribution < -0.4 is 9.47 Å². The average Bonchev–Trinajstić information content (AvgIpc) is 2.98. The second-order valence-corrected chi connectivity index (χ2v) is 8.61. The lowest BCUT2D eigenvalue weighted by molar-refractivity contribution is -0.137. The lowest BCUT2D eigenvalue weighted by Gasteiger charge is -2.33. The Morgan fingerprint density at radius 3 is 2.69 bits per heavy atom. The maximum absolute atomic E-state index is 12.8. The maximum atomic E-state index is 12.8. The Hall–Kier alpha value is -2.27. The van der Waals surface area contributed by atoms with E-state index in [1.807, 2.05) is 19.9 Å². The minimum atomic E-state index is -3.09. The van der Waals surface area contributed by atoms with Gasteiger partial charge in [0.05, 0.1) is 30.2 Å². The molecule has 0 spiro atoms. The third kappa shape index (κ3) is 4.67. The lowest BCUT2D eigenvalue weighted by atomic mass is 10.1. The number of hydrogen-bond donors (Lipinski definition) is 0. The van der Waals surface area contributed by atoms with E-state index in [0.29, 0.717) is 23.5 Å². The molecule has 1 aromatic rings. The van der Waals surface area contributed by atoms with Crippen LogP contribution >= 0.6 is 0 Å². The largest absolute Gasteiger partial charge is 0.493 e. The minimum absolute atomic E-state index is 0.00324. The summed E-state index contributed by atoms with van der Waals surface area (Å²) in [5.41, 5.74) is 0.429. The summed E-state index contributed by atoms with van der Waals surface area (Å²) < 4.78 is 34.4. The van der Waals surface area contributed by atoms with Crippen molar-refractivity contribution in [2.24, 2.45) is 0 Å². The van der Waals surface area contributed by atoms with Crippen molar-refractivity contribution in [1.29, 1.82) is 5.26 Å². The zero-order valence-electron chi connectivity index (χ0n) is 15.3. The molecule has 8 heteroatoms. The molecule has 0 saturated carbocycles. The first-order chi connectivity index (χ1) is 12.3. The van der Waals surface area contributed by atoms with Gasteiger partial charge in [-0.2, -0.15) is 5.26 Å². The molecule has 0 radical (unpaired) electrons. The summed E-state index contributed by atoms with van der Waals surface area (Å²) in [4.78, 5) is 14.4. The van der Waals surface area contributed by atoms with Gasteiger partial charge in [-0.15, -0.1) is 0 Å². The number of hydrogen-bond acceptors (Lipinski definition) is 6. The Bertz CT molecular complexity index is 800. The molecule has 7 nitrogen and oxygen atoms in total. The van der Waals surface area contributed by atoms with Crippen molar-refractivity contribution in [3.63, 3.8) is 0 Å². The van der Waals surface area contributed by atoms with Crippen LogP contribution in [0, 0.1) is 11.3 Å². The Balaban J connectivity index is 2.12. The van der Waals surface area contributed by atoms with Crippen LogP contribution in [-0.4, -0.2) is 56.5 Å². The number of nitriles is 1. The van der Waals surface area contributed by atoms with E-state index in [0.717, 1.165) is 6.42 Å². The number of ether oxygens (including phenoxy) is 2. The Morgan fingerprint density at radius 2 is 2.15 bits per heavy atom. The van der Waals surface area contributed by atoms with Crippen molar-refractivity contribution in [2.75, 3.05) is 25.2 Å². The topological polar surface area (TPSA) is 96.7 Å². The van der Waals surface area contributed by atoms with Crippen LogP contribution in [0.4, 0.5) is 0 Å². The number of carbonyl (C=O) groups is 1. The highest BCUT2D eigenvalue weighted by Gasteiger charge is 2.36. The van der Waals surface area contributed by atoms with Gasteiger partial charge in [0.1, 0.15) is 0 Å². The van der Waals surface area contributed by atoms with E-state index in [-0.39, 0.29) is 36.1 Å². The van der Waals surface area contributed by atoms with Crippen LogP contribution in [0.1, 0.15) is 32.3 Å². The monoisotopic (exact) mass is 380 g/mol. The highest BCUT2D eigenvalue weighted by atomic mass is 32.2. The van der Waals surface area contributed by atoms with Gasteiger partial charge in [0, 0.05) is 18.2 Å². The predicted octanol–water partition coefficient (Wildman–Crippen LogP) is 1.76. The molecule has 1 heterocycles. The molecule has 0 unspecified atom stereocenters. The predicted molar refractivity (Wildman–Crippen MR) is 96.9 cm³/mol. The summed E-state index contributed by atoms with van der Waals surface area (Å²) in [6.45, 7) is 3.65. The van der Waals surface area contributed by atoms with Crippen LogP contribution in [0.3, 0.4) is 0 Å². The standard InChI is InChI=1S/C18H24N2O5S/c1-4-13(2)20(15-7-8-26(22,23)12-15)18(21)11-25-16-6-5-14(10-19)9-17(16)24-3/h5-6,9,13,15H,4,7-8,11-12H2,1-3H3/t13-,15-/m0/s1. The van der Waals surface area contributed by atoms with Crippen LogP contribution in [0.15, 0.2) is 18.2 Å². The van der Waals surface area contributed by atoms with Gasteiger partial charge in [-0.1, -0.05) is 6.92 Å². The zero-order chi connectivity index (χ0) is 19.3. The average molecular weight is 380 g/mol. The summed E-state index contributed by atoms with van der Waals surface area (Å²) >= 11 is 0. The molecule has 26 heavy (non-hydrogen) atoms. The molecule has 1 aliphatic rings. The first-order valence-electron chi connectivity index (χ1n) is 8.53. The summed E-state index contributed by atoms with van der Waals surface area (Å²) in [7, 11) is -1.63. The molecular formula is C18H24N2O5S. The van der Waals surface area contributed by atoms with E-state index in [4.69, 9.17) is 14.7 Å². The summed E-state index contributed by atoms with van der Waals surface area (Å²) in [5, 5.41) is 8.93. The number of sulfone groups is 1. The first kappa shape index (κ1) is 20.0. The highest BCUT2D eigenvalue weighted by Crippen LogP contribution is 2.28. The van der Waals surface area contributed by atoms with Gasteiger partial charge in [-0.3, -0.25) is 4.79 Å². The molecule has 2 atom stereocenters. The third-order valence-corrected chi connectivity index (χ3v) is 6.35. The lowest BCUT2D eigenvalue weighted by Crippen LogP contribution is -2.48. The zero-order valence-corrected chi connectivity index (χ0v) is 16.1. The molecular weight excluding hydrogens is 356 g/mol. The molecule has 1 fully saturated rings. The normalized spacial score (nSPS) is 19.4. The second kappa shape index (κ2) is 8.41. The van der Waals surface area contributed by atoms with E-state index >= 15 is 0 Å². The number of benzene rings is 1. The first-order valence-corrected chi connectivity index (χ1v) is 10.4. The second-order valence-electron chi connectivity index (χ2n) is 6.38. The van der Waals surface area contributed by atoms with E-state index in [1.54, 1.807) is 17.0 Å². The Labute approximate surface area is 154 Å². The van der Waals surface area contributed by atoms with Gasteiger partial charge in [-0.25, -0.2) is 8.42 Å². The summed E-state index contributed by atoms with van der Waals surface area (Å²) in [6.07, 6.45) is 1.18. The van der Waals surface area contributed by atoms with Crippen molar-refractivity contribution >= 4 is 15.7 Å². The summed E-state index contributed by atoms with van der Waals surface area (Å²) in [5.74, 6) is 0.595. The van der Waals surface area contributed by atoms with Crippen molar-refractivity contribution < 1.29 is 22.7 Å². The van der Waals surface area contributed by atoms with Gasteiger partial charge >= 0.3 is 0 Å². The van der Waals surface area contributed by atoms with E-state index in [1.165, 1.54) is 13.2 Å². The van der Waals surface area contributed by atoms with Crippen LogP contribution in [0.25, 0.3) is 0 Å². The van der Waals surface area contributed by atoms with Crippen molar-refractivity contribution in [3.05, 3.63) is 23.8 Å². The summed E-state index contributed by atoms with van der Waals surface area (Å²) in [6, 6.07) is 6.32. The van der Waals surface area contributed by atoms with E-state index in [9.17, 15) is 13.2 Å². The number of amides is 1. The number of rotatable bonds is 7. The maximum Gasteiger partial charge on any atom is 0.261 e. The Kier molecular flexibility index (Phi) is 6.48. The fourth-order valence-electron chi connectivity index (χ4n) is 3.07. The van der Waals surface area contributed by atoms with Gasteiger partial charge < -0.3 is 14.4 Å². The van der Waals surface area contributed by atoms with Crippen molar-refractivity contribution in [2.45, 2.75) is 38.8 Å². The molecule has 1 saturated heterocycles. The van der Waals surface area contributed by atoms with Crippen LogP contribution in [-0.2, 0) is 14.6 Å². The number of carbonyl (C=O) groups excluding carboxylic acids is 1. The molecule has 0 aromatic heterocycles. The Morgan fingerprint density at radius 1 is 1.42 bits per heavy atom. The van der Waals surface area contributed by atoms with Gasteiger partial charge in [0.25, 0.3) is 5.91 Å². The number of methoxy groups -OCH3 is 1. The fraction of sp³-hybridized carbons (Fsp3) is 0.556. The van der Waals surface area contributed by atoms with Crippen LogP contribution in [0.2, 0.25) is 0 Å². The molecule has 0 bridgehead atoms. The van der Waals surface area contributed by atoms with Gasteiger partial charge in [0.2, 0.25) is 0 Å². The molecule has 142 valence electrons. The van der Waals surface area contributed by atoms with Crippen LogP contribution in [0.5, 0.6) is 11.5 Å². The van der Waals surface area contributed by atoms with Crippen molar-refractivity contribution in [3.8, 4) is 17.6 Å². The molecule has 0 N–H and O–H groups in total. The van der Waals surface area contributed by atoms with Crippen molar-refractivity contribution in [1.82, 2.24) is 4.90 Å². The van der Waals surface area contributed by atoms with Gasteiger partial charge in [0.15, 0.2) is 27.9 Å². The molecule has 1 aromatic carbocycles. The molecule has 2 rings (SSSR count). The highest BCUT2D eigenvalue weighted by molar-refractivity contribution is 7.91. The molecule has 1 aliphatic heterocycles. The smallest absolute Gasteiger partial charge is 0.261 e. The van der Waals surface area contributed by atoms with E-state index < -0.39 is 9.84 Å². The molecule has 0 aliphatic carbocycles. The SMILES string of the molecule is CC[C@H](C)N(C(=O)COc1ccc(C#N)cc1OC)[C@H]1CCS(=O)(=O)C1.